The molecule has 122 valence electrons. The van der Waals surface area contributed by atoms with Gasteiger partial charge in [-0.1, -0.05) is 28.1 Å². The van der Waals surface area contributed by atoms with Gasteiger partial charge in [-0.3, -0.25) is 0 Å². The van der Waals surface area contributed by atoms with Crippen molar-refractivity contribution in [2.24, 2.45) is 0 Å². The summed E-state index contributed by atoms with van der Waals surface area (Å²) in [5.41, 5.74) is -1.64. The Morgan fingerprint density at radius 2 is 1.78 bits per heavy atom. The van der Waals surface area contributed by atoms with Crippen LogP contribution in [0.25, 0.3) is 0 Å². The molecule has 0 heterocycles. The predicted octanol–water partition coefficient (Wildman–Crippen LogP) is 5.19. The van der Waals surface area contributed by atoms with Crippen molar-refractivity contribution in [1.82, 2.24) is 0 Å². The van der Waals surface area contributed by atoms with E-state index in [-0.39, 0.29) is 10.2 Å². The monoisotopic (exact) mass is 392 g/mol. The normalized spacial score (nSPS) is 11.2. The van der Waals surface area contributed by atoms with Gasteiger partial charge in [-0.2, -0.15) is 13.2 Å². The van der Waals surface area contributed by atoms with Gasteiger partial charge in [0, 0.05) is 4.47 Å². The molecule has 0 aliphatic carbocycles. The summed E-state index contributed by atoms with van der Waals surface area (Å²) >= 11 is 3.00. The first-order valence-electron chi connectivity index (χ1n) is 6.15. The van der Waals surface area contributed by atoms with Crippen molar-refractivity contribution >= 4 is 21.9 Å². The molecule has 0 amide bonds. The smallest absolute Gasteiger partial charge is 0.419 e. The predicted molar refractivity (Wildman–Crippen MR) is 77.0 cm³/mol. The van der Waals surface area contributed by atoms with Crippen molar-refractivity contribution in [3.05, 3.63) is 57.8 Å². The van der Waals surface area contributed by atoms with E-state index >= 15 is 0 Å². The Hall–Kier alpha value is -2.09. The summed E-state index contributed by atoms with van der Waals surface area (Å²) in [6.07, 6.45) is -4.66. The second kappa shape index (κ2) is 6.57. The Labute approximate surface area is 137 Å². The number of hydrogen-bond donors (Lipinski definition) is 0. The van der Waals surface area contributed by atoms with Crippen LogP contribution in [0.2, 0.25) is 0 Å². The summed E-state index contributed by atoms with van der Waals surface area (Å²) in [7, 11) is 1.03. The molecule has 3 nitrogen and oxygen atoms in total. The Kier molecular flexibility index (Phi) is 4.93. The van der Waals surface area contributed by atoms with E-state index in [2.05, 4.69) is 20.7 Å². The lowest BCUT2D eigenvalue weighted by Gasteiger charge is -2.15. The van der Waals surface area contributed by atoms with Gasteiger partial charge < -0.3 is 9.47 Å². The number of carbonyl (C=O) groups excluding carboxylic acids is 1. The first-order valence-corrected chi connectivity index (χ1v) is 6.94. The molecule has 0 bridgehead atoms. The quantitative estimate of drug-likeness (QED) is 0.532. The molecule has 0 fully saturated rings. The molecule has 8 heteroatoms. The lowest BCUT2D eigenvalue weighted by atomic mass is 10.1. The summed E-state index contributed by atoms with van der Waals surface area (Å²) in [5, 5.41) is 0. The number of benzene rings is 2. The highest BCUT2D eigenvalue weighted by molar-refractivity contribution is 9.10. The number of methoxy groups -OCH3 is 1. The van der Waals surface area contributed by atoms with E-state index in [0.29, 0.717) is 0 Å². The van der Waals surface area contributed by atoms with Gasteiger partial charge in [0.25, 0.3) is 0 Å². The summed E-state index contributed by atoms with van der Waals surface area (Å²) in [4.78, 5) is 11.7. The van der Waals surface area contributed by atoms with Crippen molar-refractivity contribution in [2.45, 2.75) is 6.18 Å². The van der Waals surface area contributed by atoms with Gasteiger partial charge in [0.05, 0.1) is 12.7 Å². The fourth-order valence-corrected chi connectivity index (χ4v) is 2.25. The summed E-state index contributed by atoms with van der Waals surface area (Å²) < 4.78 is 62.7. The fourth-order valence-electron chi connectivity index (χ4n) is 1.84. The molecule has 2 aromatic carbocycles. The Morgan fingerprint density at radius 3 is 2.39 bits per heavy atom. The van der Waals surface area contributed by atoms with Gasteiger partial charge in [-0.05, 0) is 24.3 Å². The number of carbonyl (C=O) groups is 1. The maximum absolute atomic E-state index is 14.0. The van der Waals surface area contributed by atoms with Crippen LogP contribution in [-0.2, 0) is 10.9 Å². The zero-order chi connectivity index (χ0) is 17.2. The minimum absolute atomic E-state index is 0.196. The number of rotatable bonds is 3. The average Bonchev–Trinajstić information content (AvgIpc) is 2.45. The fraction of sp³-hybridized carbons (Fsp3) is 0.133. The lowest BCUT2D eigenvalue weighted by molar-refractivity contribution is -0.138. The number of para-hydroxylation sites is 1. The molecule has 2 rings (SSSR count). The van der Waals surface area contributed by atoms with Gasteiger partial charge in [0.15, 0.2) is 0 Å². The number of alkyl halides is 3. The number of esters is 1. The molecule has 0 atom stereocenters. The zero-order valence-corrected chi connectivity index (χ0v) is 13.2. The molecule has 0 aliphatic rings. The van der Waals surface area contributed by atoms with Gasteiger partial charge in [-0.15, -0.1) is 0 Å². The first-order chi connectivity index (χ1) is 10.7. The number of ether oxygens (including phenoxy) is 2. The van der Waals surface area contributed by atoms with Gasteiger partial charge in [-0.25, -0.2) is 9.18 Å². The average molecular weight is 393 g/mol. The molecule has 0 radical (unpaired) electrons. The van der Waals surface area contributed by atoms with E-state index in [4.69, 9.17) is 4.74 Å². The molecule has 2 aromatic rings. The highest BCUT2D eigenvalue weighted by Crippen LogP contribution is 2.39. The molecule has 23 heavy (non-hydrogen) atoms. The summed E-state index contributed by atoms with van der Waals surface area (Å²) in [6, 6.07) is 6.58. The van der Waals surface area contributed by atoms with E-state index in [1.165, 1.54) is 18.2 Å². The third kappa shape index (κ3) is 3.82. The van der Waals surface area contributed by atoms with Gasteiger partial charge >= 0.3 is 12.1 Å². The molecule has 0 saturated carbocycles. The maximum atomic E-state index is 14.0. The number of halogens is 5. The second-order valence-electron chi connectivity index (χ2n) is 4.35. The van der Waals surface area contributed by atoms with E-state index < -0.39 is 34.8 Å². The van der Waals surface area contributed by atoms with Crippen molar-refractivity contribution in [3.63, 3.8) is 0 Å². The van der Waals surface area contributed by atoms with Crippen molar-refractivity contribution in [2.75, 3.05) is 7.11 Å². The summed E-state index contributed by atoms with van der Waals surface area (Å²) in [6.45, 7) is 0. The Morgan fingerprint density at radius 1 is 1.13 bits per heavy atom. The molecule has 0 aromatic heterocycles. The molecular formula is C15H9BrF4O3. The molecule has 0 spiro atoms. The van der Waals surface area contributed by atoms with Crippen LogP contribution in [-0.4, -0.2) is 13.1 Å². The third-order valence-corrected chi connectivity index (χ3v) is 3.28. The van der Waals surface area contributed by atoms with Crippen LogP contribution in [0, 0.1) is 5.82 Å². The summed E-state index contributed by atoms with van der Waals surface area (Å²) in [5.74, 6) is -2.98. The topological polar surface area (TPSA) is 35.5 Å². The molecule has 0 unspecified atom stereocenters. The van der Waals surface area contributed by atoms with Crippen molar-refractivity contribution in [3.8, 4) is 11.5 Å². The van der Waals surface area contributed by atoms with Crippen LogP contribution in [0.5, 0.6) is 11.5 Å². The molecule has 0 saturated heterocycles. The standard InChI is InChI=1S/C15H9BrF4O3/c1-22-14(21)13-10(17)6-8(16)7-12(13)23-11-5-3-2-4-9(11)15(18,19)20/h2-7H,1H3. The van der Waals surface area contributed by atoms with Gasteiger partial charge in [0.2, 0.25) is 0 Å². The van der Waals surface area contributed by atoms with Crippen molar-refractivity contribution in [1.29, 1.82) is 0 Å². The first kappa shape index (κ1) is 17.3. The van der Waals surface area contributed by atoms with Crippen LogP contribution in [0.1, 0.15) is 15.9 Å². The van der Waals surface area contributed by atoms with Crippen LogP contribution in [0.3, 0.4) is 0 Å². The van der Waals surface area contributed by atoms with E-state index in [1.54, 1.807) is 0 Å². The minimum atomic E-state index is -4.66. The van der Waals surface area contributed by atoms with Crippen LogP contribution in [0.4, 0.5) is 17.6 Å². The number of hydrogen-bond acceptors (Lipinski definition) is 3. The Bertz CT molecular complexity index is 744. The van der Waals surface area contributed by atoms with Crippen LogP contribution in [0.15, 0.2) is 40.9 Å². The van der Waals surface area contributed by atoms with E-state index in [9.17, 15) is 22.4 Å². The molecule has 0 aliphatic heterocycles. The maximum Gasteiger partial charge on any atom is 0.419 e. The van der Waals surface area contributed by atoms with Crippen LogP contribution >= 0.6 is 15.9 Å². The largest absolute Gasteiger partial charge is 0.465 e. The van der Waals surface area contributed by atoms with E-state index in [0.717, 1.165) is 25.3 Å². The Balaban J connectivity index is 2.56. The highest BCUT2D eigenvalue weighted by Gasteiger charge is 2.34. The molecular weight excluding hydrogens is 384 g/mol. The highest BCUT2D eigenvalue weighted by atomic mass is 79.9. The SMILES string of the molecule is COC(=O)c1c(F)cc(Br)cc1Oc1ccccc1C(F)(F)F. The molecule has 0 N–H and O–H groups in total. The second-order valence-corrected chi connectivity index (χ2v) is 5.26. The minimum Gasteiger partial charge on any atom is -0.465 e. The lowest BCUT2D eigenvalue weighted by Crippen LogP contribution is -2.10. The van der Waals surface area contributed by atoms with Crippen molar-refractivity contribution < 1.29 is 31.8 Å². The third-order valence-electron chi connectivity index (χ3n) is 2.82. The van der Waals surface area contributed by atoms with Crippen LogP contribution < -0.4 is 4.74 Å². The van der Waals surface area contributed by atoms with E-state index in [1.807, 2.05) is 0 Å². The zero-order valence-electron chi connectivity index (χ0n) is 11.6. The van der Waals surface area contributed by atoms with Gasteiger partial charge in [0.1, 0.15) is 22.9 Å².